The van der Waals surface area contributed by atoms with E-state index in [1.165, 1.54) is 25.7 Å². The number of nitrogens with two attached hydrogens (primary N) is 1. The molecule has 0 heterocycles. The largest absolute Gasteiger partial charge is 0.385 e. The van der Waals surface area contributed by atoms with Gasteiger partial charge in [0.15, 0.2) is 0 Å². The zero-order valence-electron chi connectivity index (χ0n) is 12.2. The van der Waals surface area contributed by atoms with Gasteiger partial charge in [0.05, 0.1) is 6.04 Å². The van der Waals surface area contributed by atoms with Gasteiger partial charge in [0.1, 0.15) is 0 Å². The Kier molecular flexibility index (Phi) is 9.40. The van der Waals surface area contributed by atoms with E-state index in [9.17, 15) is 4.79 Å². The van der Waals surface area contributed by atoms with E-state index in [-0.39, 0.29) is 29.8 Å². The monoisotopic (exact) mass is 292 g/mol. The Labute approximate surface area is 123 Å². The van der Waals surface area contributed by atoms with Crippen LogP contribution in [-0.4, -0.2) is 32.2 Å². The second kappa shape index (κ2) is 9.56. The summed E-state index contributed by atoms with van der Waals surface area (Å²) in [6.07, 6.45) is 7.66. The number of nitrogens with one attached hydrogen (secondary N) is 1. The summed E-state index contributed by atoms with van der Waals surface area (Å²) in [5, 5.41) is 3.04. The molecule has 19 heavy (non-hydrogen) atoms. The summed E-state index contributed by atoms with van der Waals surface area (Å²) in [6.45, 7) is 3.58. The smallest absolute Gasteiger partial charge is 0.236 e. The van der Waals surface area contributed by atoms with E-state index in [0.29, 0.717) is 0 Å². The van der Waals surface area contributed by atoms with Crippen LogP contribution in [0.2, 0.25) is 0 Å². The first-order chi connectivity index (χ1) is 8.63. The van der Waals surface area contributed by atoms with Gasteiger partial charge in [-0.1, -0.05) is 26.2 Å². The van der Waals surface area contributed by atoms with E-state index in [1.54, 1.807) is 7.11 Å². The van der Waals surface area contributed by atoms with Crippen LogP contribution in [0.25, 0.3) is 0 Å². The molecule has 1 unspecified atom stereocenters. The van der Waals surface area contributed by atoms with Crippen LogP contribution >= 0.6 is 12.4 Å². The summed E-state index contributed by atoms with van der Waals surface area (Å²) >= 11 is 0. The van der Waals surface area contributed by atoms with Crippen LogP contribution < -0.4 is 11.1 Å². The third-order valence-electron chi connectivity index (χ3n) is 4.07. The van der Waals surface area contributed by atoms with Gasteiger partial charge in [0.25, 0.3) is 0 Å². The minimum atomic E-state index is -0.351. The Morgan fingerprint density at radius 3 is 2.58 bits per heavy atom. The zero-order valence-corrected chi connectivity index (χ0v) is 13.1. The number of ether oxygens (including phenoxy) is 1. The molecular weight excluding hydrogens is 264 g/mol. The Morgan fingerprint density at radius 2 is 2.05 bits per heavy atom. The lowest BCUT2D eigenvalue weighted by Gasteiger charge is -2.29. The Bertz CT molecular complexity index is 256. The summed E-state index contributed by atoms with van der Waals surface area (Å²) in [5.74, 6) is 0.000502. The van der Waals surface area contributed by atoms with E-state index in [2.05, 4.69) is 5.32 Å². The van der Waals surface area contributed by atoms with Crippen LogP contribution in [0.15, 0.2) is 0 Å². The van der Waals surface area contributed by atoms with E-state index in [4.69, 9.17) is 10.5 Å². The summed E-state index contributed by atoms with van der Waals surface area (Å²) in [4.78, 5) is 11.8. The van der Waals surface area contributed by atoms with Gasteiger partial charge >= 0.3 is 0 Å². The van der Waals surface area contributed by atoms with Crippen LogP contribution in [0.4, 0.5) is 0 Å². The molecule has 0 radical (unpaired) electrons. The highest BCUT2D eigenvalue weighted by molar-refractivity contribution is 5.85. The molecule has 0 spiro atoms. The molecule has 1 amide bonds. The predicted octanol–water partition coefficient (Wildman–Crippen LogP) is 2.25. The summed E-state index contributed by atoms with van der Waals surface area (Å²) in [5.41, 5.74) is 6.07. The number of hydrogen-bond acceptors (Lipinski definition) is 3. The Hall–Kier alpha value is -0.320. The molecule has 1 rings (SSSR count). The Balaban J connectivity index is 0.00000324. The predicted molar refractivity (Wildman–Crippen MR) is 80.5 cm³/mol. The van der Waals surface area contributed by atoms with Crippen molar-refractivity contribution in [3.05, 3.63) is 0 Å². The van der Waals surface area contributed by atoms with Crippen molar-refractivity contribution in [2.24, 2.45) is 11.1 Å². The fourth-order valence-electron chi connectivity index (χ4n) is 2.81. The molecule has 1 fully saturated rings. The number of rotatable bonds is 8. The average molecular weight is 293 g/mol. The highest BCUT2D eigenvalue weighted by Crippen LogP contribution is 2.40. The van der Waals surface area contributed by atoms with Gasteiger partial charge in [0.2, 0.25) is 5.91 Å². The third kappa shape index (κ3) is 6.11. The van der Waals surface area contributed by atoms with Crippen LogP contribution in [0, 0.1) is 5.41 Å². The molecule has 114 valence electrons. The van der Waals surface area contributed by atoms with Crippen LogP contribution in [-0.2, 0) is 9.53 Å². The highest BCUT2D eigenvalue weighted by Gasteiger charge is 2.34. The first-order valence-corrected chi connectivity index (χ1v) is 7.16. The average Bonchev–Trinajstić information content (AvgIpc) is 2.83. The topological polar surface area (TPSA) is 64.4 Å². The SMILES string of the molecule is CCCC(N)C(=O)NCC1(CCOC)CCCC1.Cl. The molecule has 1 aliphatic carbocycles. The van der Waals surface area contributed by atoms with Gasteiger partial charge in [-0.05, 0) is 31.1 Å². The molecule has 5 heteroatoms. The molecule has 0 bridgehead atoms. The minimum absolute atomic E-state index is 0. The number of halogens is 1. The minimum Gasteiger partial charge on any atom is -0.385 e. The van der Waals surface area contributed by atoms with Gasteiger partial charge in [0, 0.05) is 20.3 Å². The van der Waals surface area contributed by atoms with E-state index >= 15 is 0 Å². The van der Waals surface area contributed by atoms with E-state index in [1.807, 2.05) is 6.92 Å². The fraction of sp³-hybridized carbons (Fsp3) is 0.929. The van der Waals surface area contributed by atoms with Crippen molar-refractivity contribution in [3.63, 3.8) is 0 Å². The quantitative estimate of drug-likeness (QED) is 0.721. The number of carbonyl (C=O) groups is 1. The molecule has 0 aromatic carbocycles. The maximum Gasteiger partial charge on any atom is 0.236 e. The first-order valence-electron chi connectivity index (χ1n) is 7.16. The van der Waals surface area contributed by atoms with Crippen molar-refractivity contribution in [2.75, 3.05) is 20.3 Å². The van der Waals surface area contributed by atoms with Gasteiger partial charge in [-0.3, -0.25) is 4.79 Å². The van der Waals surface area contributed by atoms with Crippen molar-refractivity contribution >= 4 is 18.3 Å². The molecular formula is C14H29ClN2O2. The Morgan fingerprint density at radius 1 is 1.42 bits per heavy atom. The zero-order chi connectivity index (χ0) is 13.4. The van der Waals surface area contributed by atoms with Crippen molar-refractivity contribution < 1.29 is 9.53 Å². The standard InChI is InChI=1S/C14H28N2O2.ClH/c1-3-6-12(15)13(17)16-11-14(9-10-18-2)7-4-5-8-14;/h12H,3-11,15H2,1-2H3,(H,16,17);1H. The number of amides is 1. The summed E-state index contributed by atoms with van der Waals surface area (Å²) < 4.78 is 5.18. The van der Waals surface area contributed by atoms with Gasteiger partial charge < -0.3 is 15.8 Å². The normalized spacial score (nSPS) is 18.7. The maximum atomic E-state index is 11.8. The highest BCUT2D eigenvalue weighted by atomic mass is 35.5. The maximum absolute atomic E-state index is 11.8. The lowest BCUT2D eigenvalue weighted by Crippen LogP contribution is -2.45. The molecule has 0 saturated heterocycles. The van der Waals surface area contributed by atoms with Crippen molar-refractivity contribution in [2.45, 2.75) is 57.9 Å². The van der Waals surface area contributed by atoms with Crippen molar-refractivity contribution in [1.29, 1.82) is 0 Å². The molecule has 4 nitrogen and oxygen atoms in total. The number of carbonyl (C=O) groups excluding carboxylic acids is 1. The van der Waals surface area contributed by atoms with Crippen molar-refractivity contribution in [3.8, 4) is 0 Å². The molecule has 0 aliphatic heterocycles. The molecule has 3 N–H and O–H groups in total. The van der Waals surface area contributed by atoms with Crippen LogP contribution in [0.1, 0.15) is 51.9 Å². The van der Waals surface area contributed by atoms with E-state index in [0.717, 1.165) is 32.4 Å². The molecule has 1 aliphatic rings. The molecule has 0 aromatic heterocycles. The number of methoxy groups -OCH3 is 1. The lowest BCUT2D eigenvalue weighted by molar-refractivity contribution is -0.123. The first kappa shape index (κ1) is 18.7. The van der Waals surface area contributed by atoms with Crippen LogP contribution in [0.5, 0.6) is 0 Å². The second-order valence-corrected chi connectivity index (χ2v) is 5.56. The van der Waals surface area contributed by atoms with Crippen LogP contribution in [0.3, 0.4) is 0 Å². The van der Waals surface area contributed by atoms with Gasteiger partial charge in [-0.15, -0.1) is 12.4 Å². The summed E-state index contributed by atoms with van der Waals surface area (Å²) in [6, 6.07) is -0.351. The van der Waals surface area contributed by atoms with E-state index < -0.39 is 0 Å². The number of hydrogen-bond donors (Lipinski definition) is 2. The fourth-order valence-corrected chi connectivity index (χ4v) is 2.81. The third-order valence-corrected chi connectivity index (χ3v) is 4.07. The summed E-state index contributed by atoms with van der Waals surface area (Å²) in [7, 11) is 1.73. The molecule has 0 aromatic rings. The lowest BCUT2D eigenvalue weighted by atomic mass is 9.83. The second-order valence-electron chi connectivity index (χ2n) is 5.56. The van der Waals surface area contributed by atoms with Crippen molar-refractivity contribution in [1.82, 2.24) is 5.32 Å². The molecule has 1 atom stereocenters. The molecule has 1 saturated carbocycles. The van der Waals surface area contributed by atoms with Gasteiger partial charge in [-0.25, -0.2) is 0 Å². The van der Waals surface area contributed by atoms with Gasteiger partial charge in [-0.2, -0.15) is 0 Å².